The Bertz CT molecular complexity index is 1250. The summed E-state index contributed by atoms with van der Waals surface area (Å²) >= 11 is 6.49. The third-order valence-electron chi connectivity index (χ3n) is 5.36. The summed E-state index contributed by atoms with van der Waals surface area (Å²) in [5.41, 5.74) is 2.44. The maximum Gasteiger partial charge on any atom is 0.278 e. The van der Waals surface area contributed by atoms with Gasteiger partial charge in [0, 0.05) is 18.7 Å². The lowest BCUT2D eigenvalue weighted by atomic mass is 10.0. The van der Waals surface area contributed by atoms with E-state index in [0.717, 1.165) is 22.0 Å². The molecule has 1 amide bonds. The summed E-state index contributed by atoms with van der Waals surface area (Å²) in [4.78, 5) is 19.5. The average Bonchev–Trinajstić information content (AvgIpc) is 3.30. The Morgan fingerprint density at radius 1 is 1.00 bits per heavy atom. The molecule has 0 saturated carbocycles. The first-order chi connectivity index (χ1) is 15.2. The number of benzene rings is 3. The molecule has 1 fully saturated rings. The number of oxazole rings is 1. The molecule has 31 heavy (non-hydrogen) atoms. The zero-order valence-electron chi connectivity index (χ0n) is 16.7. The van der Waals surface area contributed by atoms with Crippen molar-refractivity contribution in [1.29, 1.82) is 0 Å². The Balaban J connectivity index is 1.46. The van der Waals surface area contributed by atoms with Crippen molar-refractivity contribution in [2.75, 3.05) is 36.5 Å². The van der Waals surface area contributed by atoms with Crippen molar-refractivity contribution in [3.63, 3.8) is 0 Å². The normalized spacial score (nSPS) is 14.0. The first-order valence-electron chi connectivity index (χ1n) is 10.1. The molecule has 1 aliphatic rings. The fourth-order valence-electron chi connectivity index (χ4n) is 3.85. The summed E-state index contributed by atoms with van der Waals surface area (Å²) in [6.07, 6.45) is 1.29. The number of nitrogens with zero attached hydrogens (tertiary/aromatic N) is 2. The van der Waals surface area contributed by atoms with E-state index < -0.39 is 0 Å². The summed E-state index contributed by atoms with van der Waals surface area (Å²) in [5, 5.41) is 5.73. The van der Waals surface area contributed by atoms with Crippen LogP contribution in [-0.4, -0.2) is 37.2 Å². The third-order valence-corrected chi connectivity index (χ3v) is 5.66. The van der Waals surface area contributed by atoms with Crippen LogP contribution in [0, 0.1) is 0 Å². The molecule has 0 atom stereocenters. The van der Waals surface area contributed by atoms with E-state index >= 15 is 0 Å². The van der Waals surface area contributed by atoms with Crippen LogP contribution >= 0.6 is 11.6 Å². The molecule has 7 heteroatoms. The largest absolute Gasteiger partial charge is 0.443 e. The zero-order chi connectivity index (χ0) is 21.2. The maximum absolute atomic E-state index is 13.2. The van der Waals surface area contributed by atoms with Crippen LogP contribution < -0.4 is 10.2 Å². The van der Waals surface area contributed by atoms with Gasteiger partial charge in [-0.05, 0) is 29.0 Å². The summed E-state index contributed by atoms with van der Waals surface area (Å²) in [6.45, 7) is 2.65. The highest BCUT2D eigenvalue weighted by Crippen LogP contribution is 2.35. The number of carbonyl (C=O) groups is 1. The standard InChI is InChI=1S/C24H20ClN3O3/c25-19-6-3-7-20(22(19)28-10-12-30-13-11-28)27-24(29)21-23(31-15-26-21)18-9-8-16-4-1-2-5-17(16)14-18/h1-9,14-15H,10-13H2,(H,27,29). The second-order valence-corrected chi connectivity index (χ2v) is 7.69. The second-order valence-electron chi connectivity index (χ2n) is 7.28. The van der Waals surface area contributed by atoms with Crippen molar-refractivity contribution < 1.29 is 13.9 Å². The maximum atomic E-state index is 13.2. The number of amides is 1. The minimum absolute atomic E-state index is 0.225. The lowest BCUT2D eigenvalue weighted by Crippen LogP contribution is -2.37. The molecule has 1 N–H and O–H groups in total. The van der Waals surface area contributed by atoms with Gasteiger partial charge < -0.3 is 19.4 Å². The minimum Gasteiger partial charge on any atom is -0.443 e. The topological polar surface area (TPSA) is 67.6 Å². The van der Waals surface area contributed by atoms with Crippen molar-refractivity contribution in [1.82, 2.24) is 4.98 Å². The number of ether oxygens (including phenoxy) is 1. The van der Waals surface area contributed by atoms with Gasteiger partial charge in [-0.2, -0.15) is 0 Å². The zero-order valence-corrected chi connectivity index (χ0v) is 17.4. The SMILES string of the molecule is O=C(Nc1cccc(Cl)c1N1CCOCC1)c1ncoc1-c1ccc2ccccc2c1. The van der Waals surface area contributed by atoms with Crippen LogP contribution in [0.1, 0.15) is 10.5 Å². The molecule has 2 heterocycles. The van der Waals surface area contributed by atoms with E-state index in [2.05, 4.69) is 15.2 Å². The first kappa shape index (κ1) is 19.6. The van der Waals surface area contributed by atoms with Crippen molar-refractivity contribution in [2.24, 2.45) is 0 Å². The highest BCUT2D eigenvalue weighted by molar-refractivity contribution is 6.34. The Labute approximate surface area is 184 Å². The molecule has 156 valence electrons. The van der Waals surface area contributed by atoms with Gasteiger partial charge in [0.2, 0.25) is 0 Å². The van der Waals surface area contributed by atoms with E-state index in [-0.39, 0.29) is 11.6 Å². The predicted molar refractivity (Wildman–Crippen MR) is 122 cm³/mol. The van der Waals surface area contributed by atoms with E-state index in [1.165, 1.54) is 6.39 Å². The lowest BCUT2D eigenvalue weighted by molar-refractivity contribution is 0.102. The molecule has 1 aliphatic heterocycles. The van der Waals surface area contributed by atoms with Gasteiger partial charge in [-0.25, -0.2) is 4.98 Å². The van der Waals surface area contributed by atoms with E-state index in [9.17, 15) is 4.79 Å². The summed E-state index contributed by atoms with van der Waals surface area (Å²) in [6, 6.07) is 19.4. The van der Waals surface area contributed by atoms with E-state index in [0.29, 0.717) is 42.8 Å². The molecule has 0 spiro atoms. The van der Waals surface area contributed by atoms with Crippen LogP contribution in [-0.2, 0) is 4.74 Å². The smallest absolute Gasteiger partial charge is 0.278 e. The molecule has 0 radical (unpaired) electrons. The quantitative estimate of drug-likeness (QED) is 0.477. The Hall–Kier alpha value is -3.35. The Kier molecular flexibility index (Phi) is 5.32. The van der Waals surface area contributed by atoms with Crippen LogP contribution in [0.4, 0.5) is 11.4 Å². The fraction of sp³-hybridized carbons (Fsp3) is 0.167. The summed E-state index contributed by atoms with van der Waals surface area (Å²) < 4.78 is 11.0. The van der Waals surface area contributed by atoms with Gasteiger partial charge >= 0.3 is 0 Å². The molecule has 3 aromatic carbocycles. The number of nitrogens with one attached hydrogen (secondary N) is 1. The van der Waals surface area contributed by atoms with E-state index in [1.807, 2.05) is 60.7 Å². The van der Waals surface area contributed by atoms with Gasteiger partial charge in [0.15, 0.2) is 17.8 Å². The van der Waals surface area contributed by atoms with Crippen LogP contribution in [0.25, 0.3) is 22.1 Å². The lowest BCUT2D eigenvalue weighted by Gasteiger charge is -2.31. The summed E-state index contributed by atoms with van der Waals surface area (Å²) in [5.74, 6) is 0.0758. The molecular formula is C24H20ClN3O3. The van der Waals surface area contributed by atoms with Crippen LogP contribution in [0.15, 0.2) is 71.5 Å². The van der Waals surface area contributed by atoms with Crippen molar-refractivity contribution in [2.45, 2.75) is 0 Å². The second kappa shape index (κ2) is 8.41. The molecule has 0 unspecified atom stereocenters. The third kappa shape index (κ3) is 3.87. The fourth-order valence-corrected chi connectivity index (χ4v) is 4.14. The Morgan fingerprint density at radius 2 is 1.81 bits per heavy atom. The van der Waals surface area contributed by atoms with Crippen molar-refractivity contribution >= 4 is 39.7 Å². The van der Waals surface area contributed by atoms with Gasteiger partial charge in [-0.15, -0.1) is 0 Å². The van der Waals surface area contributed by atoms with Crippen LogP contribution in [0.3, 0.4) is 0 Å². The minimum atomic E-state index is -0.353. The molecule has 0 bridgehead atoms. The number of halogens is 1. The number of hydrogen-bond acceptors (Lipinski definition) is 5. The molecular weight excluding hydrogens is 414 g/mol. The predicted octanol–water partition coefficient (Wildman–Crippen LogP) is 5.24. The first-order valence-corrected chi connectivity index (χ1v) is 10.4. The number of para-hydroxylation sites is 1. The number of hydrogen-bond donors (Lipinski definition) is 1. The van der Waals surface area contributed by atoms with Gasteiger partial charge in [-0.1, -0.05) is 54.1 Å². The molecule has 5 rings (SSSR count). The molecule has 4 aromatic rings. The van der Waals surface area contributed by atoms with Crippen LogP contribution in [0.2, 0.25) is 5.02 Å². The van der Waals surface area contributed by atoms with E-state index in [4.69, 9.17) is 20.8 Å². The van der Waals surface area contributed by atoms with Crippen molar-refractivity contribution in [3.05, 3.63) is 77.8 Å². The van der Waals surface area contributed by atoms with Gasteiger partial charge in [0.05, 0.1) is 29.6 Å². The number of rotatable bonds is 4. The van der Waals surface area contributed by atoms with Gasteiger partial charge in [0.25, 0.3) is 5.91 Å². The molecule has 0 aliphatic carbocycles. The van der Waals surface area contributed by atoms with E-state index in [1.54, 1.807) is 0 Å². The Morgan fingerprint density at radius 3 is 2.65 bits per heavy atom. The molecule has 1 aromatic heterocycles. The van der Waals surface area contributed by atoms with Crippen molar-refractivity contribution in [3.8, 4) is 11.3 Å². The molecule has 6 nitrogen and oxygen atoms in total. The average molecular weight is 434 g/mol. The highest BCUT2D eigenvalue weighted by atomic mass is 35.5. The number of morpholine rings is 1. The molecule has 1 saturated heterocycles. The number of anilines is 2. The monoisotopic (exact) mass is 433 g/mol. The highest BCUT2D eigenvalue weighted by Gasteiger charge is 2.23. The number of fused-ring (bicyclic) bond motifs is 1. The van der Waals surface area contributed by atoms with Gasteiger partial charge in [-0.3, -0.25) is 4.79 Å². The number of carbonyl (C=O) groups excluding carboxylic acids is 1. The number of aromatic nitrogens is 1. The van der Waals surface area contributed by atoms with Gasteiger partial charge in [0.1, 0.15) is 0 Å². The summed E-state index contributed by atoms with van der Waals surface area (Å²) in [7, 11) is 0. The van der Waals surface area contributed by atoms with Crippen LogP contribution in [0.5, 0.6) is 0 Å².